The quantitative estimate of drug-likeness (QED) is 0.191. The Labute approximate surface area is 193 Å². The number of hydrogen-bond acceptors (Lipinski definition) is 7. The largest absolute Gasteiger partial charge is 0.282 e. The first-order valence-corrected chi connectivity index (χ1v) is 11.7. The minimum absolute atomic E-state index is 0.00444. The first-order valence-electron chi connectivity index (χ1n) is 9.94. The van der Waals surface area contributed by atoms with E-state index in [1.807, 2.05) is 25.1 Å². The number of fused-ring (bicyclic) bond motifs is 1. The van der Waals surface area contributed by atoms with Crippen LogP contribution in [0.1, 0.15) is 17.7 Å². The van der Waals surface area contributed by atoms with Crippen LogP contribution in [0, 0.1) is 17.0 Å². The Bertz CT molecular complexity index is 1240. The summed E-state index contributed by atoms with van der Waals surface area (Å²) in [4.78, 5) is 35.5. The number of carbonyl (C=O) groups is 1. The number of thioether (sulfide) groups is 1. The normalized spacial score (nSPS) is 10.9. The highest BCUT2D eigenvalue weighted by molar-refractivity contribution is 7.99. The molecule has 32 heavy (non-hydrogen) atoms. The van der Waals surface area contributed by atoms with Gasteiger partial charge in [-0.05, 0) is 37.3 Å². The van der Waals surface area contributed by atoms with Crippen molar-refractivity contribution in [2.24, 2.45) is 0 Å². The van der Waals surface area contributed by atoms with Crippen LogP contribution in [0.5, 0.6) is 0 Å². The lowest BCUT2D eigenvalue weighted by atomic mass is 10.2. The maximum atomic E-state index is 13.2. The first kappa shape index (κ1) is 21.9. The average molecular weight is 465 g/mol. The van der Waals surface area contributed by atoms with Crippen LogP contribution in [-0.4, -0.2) is 26.6 Å². The van der Waals surface area contributed by atoms with Gasteiger partial charge in [-0.3, -0.25) is 24.8 Å². The summed E-state index contributed by atoms with van der Waals surface area (Å²) in [5.74, 6) is 0.570. The van der Waals surface area contributed by atoms with Gasteiger partial charge in [-0.25, -0.2) is 4.98 Å². The monoisotopic (exact) mass is 464 g/mol. The molecule has 0 N–H and O–H groups in total. The average Bonchev–Trinajstić information content (AvgIpc) is 3.22. The molecule has 7 nitrogen and oxygen atoms in total. The minimum atomic E-state index is -0.433. The van der Waals surface area contributed by atoms with Crippen molar-refractivity contribution in [2.45, 2.75) is 24.8 Å². The number of benzene rings is 2. The topological polar surface area (TPSA) is 89.2 Å². The predicted octanol–water partition coefficient (Wildman–Crippen LogP) is 5.62. The molecule has 2 aromatic heterocycles. The van der Waals surface area contributed by atoms with Gasteiger partial charge in [0.25, 0.3) is 5.69 Å². The van der Waals surface area contributed by atoms with Crippen molar-refractivity contribution in [1.82, 2.24) is 9.97 Å². The predicted molar refractivity (Wildman–Crippen MR) is 128 cm³/mol. The molecule has 0 spiro atoms. The molecule has 0 bridgehead atoms. The third-order valence-electron chi connectivity index (χ3n) is 4.76. The molecule has 0 aliphatic heterocycles. The molecule has 4 aromatic rings. The second-order valence-corrected chi connectivity index (χ2v) is 9.30. The van der Waals surface area contributed by atoms with Gasteiger partial charge in [0.1, 0.15) is 0 Å². The summed E-state index contributed by atoms with van der Waals surface area (Å²) in [6, 6.07) is 18.3. The van der Waals surface area contributed by atoms with Crippen LogP contribution in [-0.2, 0) is 11.3 Å². The zero-order valence-corrected chi connectivity index (χ0v) is 18.9. The highest BCUT2D eigenvalue weighted by Crippen LogP contribution is 2.32. The number of anilines is 1. The second kappa shape index (κ2) is 9.88. The van der Waals surface area contributed by atoms with E-state index in [0.717, 1.165) is 10.6 Å². The third kappa shape index (κ3) is 5.30. The standard InChI is InChI=1S/C23H20N4O3S2/c1-16-5-8-19(9-6-16)31-13-11-22(28)26(15-17-4-2-3-12-24-17)23-25-20-10-7-18(27(29)30)14-21(20)32-23/h2-10,12,14H,11,13,15H2,1H3. The van der Waals surface area contributed by atoms with Gasteiger partial charge in [0.15, 0.2) is 5.13 Å². The van der Waals surface area contributed by atoms with Crippen molar-refractivity contribution in [3.8, 4) is 0 Å². The van der Waals surface area contributed by atoms with Crippen molar-refractivity contribution >= 4 is 50.0 Å². The van der Waals surface area contributed by atoms with E-state index >= 15 is 0 Å². The molecule has 9 heteroatoms. The molecular formula is C23H20N4O3S2. The first-order chi connectivity index (χ1) is 15.5. The van der Waals surface area contributed by atoms with Gasteiger partial charge in [-0.2, -0.15) is 0 Å². The summed E-state index contributed by atoms with van der Waals surface area (Å²) in [6.45, 7) is 2.33. The number of aromatic nitrogens is 2. The lowest BCUT2D eigenvalue weighted by Gasteiger charge is -2.19. The van der Waals surface area contributed by atoms with Crippen LogP contribution in [0.15, 0.2) is 71.8 Å². The van der Waals surface area contributed by atoms with Gasteiger partial charge in [0, 0.05) is 35.4 Å². The Balaban J connectivity index is 1.55. The minimum Gasteiger partial charge on any atom is -0.282 e. The van der Waals surface area contributed by atoms with Gasteiger partial charge in [0.2, 0.25) is 5.91 Å². The number of aryl methyl sites for hydroxylation is 1. The van der Waals surface area contributed by atoms with Gasteiger partial charge in [0.05, 0.1) is 27.4 Å². The maximum Gasteiger partial charge on any atom is 0.270 e. The fourth-order valence-electron chi connectivity index (χ4n) is 3.07. The SMILES string of the molecule is Cc1ccc(SCCC(=O)N(Cc2ccccn2)c2nc3ccc([N+](=O)[O-])cc3s2)cc1. The molecule has 0 atom stereocenters. The number of thiazole rings is 1. The molecule has 4 rings (SSSR count). The van der Waals surface area contributed by atoms with E-state index in [4.69, 9.17) is 0 Å². The second-order valence-electron chi connectivity index (χ2n) is 7.12. The lowest BCUT2D eigenvalue weighted by Crippen LogP contribution is -2.30. The number of carbonyl (C=O) groups excluding carboxylic acids is 1. The van der Waals surface area contributed by atoms with Gasteiger partial charge in [-0.1, -0.05) is 35.1 Å². The summed E-state index contributed by atoms with van der Waals surface area (Å²) in [5, 5.41) is 11.6. The zero-order chi connectivity index (χ0) is 22.5. The molecule has 0 radical (unpaired) electrons. The van der Waals surface area contributed by atoms with E-state index in [2.05, 4.69) is 34.2 Å². The molecule has 162 valence electrons. The van der Waals surface area contributed by atoms with E-state index < -0.39 is 4.92 Å². The highest BCUT2D eigenvalue weighted by Gasteiger charge is 2.21. The molecule has 0 saturated carbocycles. The van der Waals surface area contributed by atoms with Gasteiger partial charge < -0.3 is 0 Å². The van der Waals surface area contributed by atoms with Gasteiger partial charge >= 0.3 is 0 Å². The summed E-state index contributed by atoms with van der Waals surface area (Å²) < 4.78 is 0.669. The highest BCUT2D eigenvalue weighted by atomic mass is 32.2. The molecule has 0 aliphatic rings. The smallest absolute Gasteiger partial charge is 0.270 e. The summed E-state index contributed by atoms with van der Waals surface area (Å²) >= 11 is 2.90. The molecule has 0 saturated heterocycles. The van der Waals surface area contributed by atoms with Crippen molar-refractivity contribution in [3.63, 3.8) is 0 Å². The van der Waals surface area contributed by atoms with Crippen LogP contribution in [0.3, 0.4) is 0 Å². The van der Waals surface area contributed by atoms with Crippen molar-refractivity contribution < 1.29 is 9.72 Å². The number of nitro benzene ring substituents is 1. The van der Waals surface area contributed by atoms with Crippen molar-refractivity contribution in [1.29, 1.82) is 0 Å². The number of pyridine rings is 1. The van der Waals surface area contributed by atoms with Crippen LogP contribution >= 0.6 is 23.1 Å². The number of non-ortho nitro benzene ring substituents is 1. The van der Waals surface area contributed by atoms with E-state index in [-0.39, 0.29) is 18.1 Å². The van der Waals surface area contributed by atoms with Crippen molar-refractivity contribution in [3.05, 3.63) is 88.2 Å². The van der Waals surface area contributed by atoms with E-state index in [1.165, 1.54) is 29.0 Å². The summed E-state index contributed by atoms with van der Waals surface area (Å²) in [6.07, 6.45) is 2.02. The Hall–Kier alpha value is -3.30. The van der Waals surface area contributed by atoms with Gasteiger partial charge in [-0.15, -0.1) is 11.8 Å². The molecule has 0 fully saturated rings. The zero-order valence-electron chi connectivity index (χ0n) is 17.3. The van der Waals surface area contributed by atoms with Crippen molar-refractivity contribution in [2.75, 3.05) is 10.7 Å². The molecule has 2 aromatic carbocycles. The molecule has 2 heterocycles. The van der Waals surface area contributed by atoms with Crippen LogP contribution < -0.4 is 4.90 Å². The molecule has 1 amide bonds. The summed E-state index contributed by atoms with van der Waals surface area (Å²) in [5.41, 5.74) is 2.58. The Kier molecular flexibility index (Phi) is 6.77. The Morgan fingerprint density at radius 3 is 2.69 bits per heavy atom. The fourth-order valence-corrected chi connectivity index (χ4v) is 4.93. The van der Waals surface area contributed by atoms with Crippen LogP contribution in [0.4, 0.5) is 10.8 Å². The van der Waals surface area contributed by atoms with E-state index in [1.54, 1.807) is 28.9 Å². The van der Waals surface area contributed by atoms with E-state index in [9.17, 15) is 14.9 Å². The molecule has 0 unspecified atom stereocenters. The molecular weight excluding hydrogens is 444 g/mol. The number of nitro groups is 1. The third-order valence-corrected chi connectivity index (χ3v) is 6.81. The number of amides is 1. The van der Waals surface area contributed by atoms with Crippen LogP contribution in [0.2, 0.25) is 0 Å². The fraction of sp³-hybridized carbons (Fsp3) is 0.174. The number of hydrogen-bond donors (Lipinski definition) is 0. The number of rotatable bonds is 8. The van der Waals surface area contributed by atoms with E-state index in [0.29, 0.717) is 27.5 Å². The lowest BCUT2D eigenvalue weighted by molar-refractivity contribution is -0.384. The number of nitrogens with zero attached hydrogens (tertiary/aromatic N) is 4. The van der Waals surface area contributed by atoms with Crippen LogP contribution in [0.25, 0.3) is 10.2 Å². The Morgan fingerprint density at radius 1 is 1.16 bits per heavy atom. The molecule has 0 aliphatic carbocycles. The summed E-state index contributed by atoms with van der Waals surface area (Å²) in [7, 11) is 0. The Morgan fingerprint density at radius 2 is 1.97 bits per heavy atom. The maximum absolute atomic E-state index is 13.2.